The number of methoxy groups -OCH3 is 1. The SMILES string of the molecule is CCOc1cc([C@H]2NC(=O)NC(C)=C2C(=O)OC)ccc1OC[C@H](O)N/N=C\c1ccc(-c2cc(C(=O)O)ccc2Cl)o1. The first kappa shape index (κ1) is 30.9. The van der Waals surface area contributed by atoms with Gasteiger partial charge in [-0.1, -0.05) is 17.7 Å². The number of carbonyl (C=O) groups is 3. The summed E-state index contributed by atoms with van der Waals surface area (Å²) in [7, 11) is 1.26. The standard InChI is InChI=1S/C29H29ClN4O9/c1-4-41-23-12-16(26-25(28(38)40-3)15(2)32-29(39)33-26)6-9-22(23)42-14-24(35)34-31-13-18-7-10-21(43-18)19-11-17(27(36)37)5-8-20(19)30/h5-13,24,26,34-35H,4,14H2,1-3H3,(H,36,37)(H2,32,33,39)/b31-13-/t24-,26+/m0/s1. The average molecular weight is 613 g/mol. The van der Waals surface area contributed by atoms with E-state index >= 15 is 0 Å². The number of carbonyl (C=O) groups excluding carboxylic acids is 2. The summed E-state index contributed by atoms with van der Waals surface area (Å²) in [4.78, 5) is 35.8. The van der Waals surface area contributed by atoms with E-state index in [9.17, 15) is 24.6 Å². The maximum Gasteiger partial charge on any atom is 0.337 e. The second kappa shape index (κ2) is 13.8. The molecular formula is C29H29ClN4O9. The zero-order valence-electron chi connectivity index (χ0n) is 23.3. The van der Waals surface area contributed by atoms with Gasteiger partial charge in [0.25, 0.3) is 0 Å². The quantitative estimate of drug-likeness (QED) is 0.0873. The van der Waals surface area contributed by atoms with Crippen LogP contribution in [-0.4, -0.2) is 60.9 Å². The van der Waals surface area contributed by atoms with Crippen LogP contribution >= 0.6 is 11.6 Å². The molecule has 1 aliphatic heterocycles. The number of carboxylic acid groups (broad SMARTS) is 1. The summed E-state index contributed by atoms with van der Waals surface area (Å²) in [5.41, 5.74) is 4.17. The third-order valence-electron chi connectivity index (χ3n) is 6.19. The van der Waals surface area contributed by atoms with E-state index in [-0.39, 0.29) is 17.7 Å². The second-order valence-electron chi connectivity index (χ2n) is 9.12. The monoisotopic (exact) mass is 612 g/mol. The van der Waals surface area contributed by atoms with E-state index in [0.29, 0.717) is 51.5 Å². The molecule has 0 radical (unpaired) electrons. The molecule has 0 aliphatic carbocycles. The number of amides is 2. The van der Waals surface area contributed by atoms with Crippen molar-refractivity contribution in [3.63, 3.8) is 0 Å². The average Bonchev–Trinajstić information content (AvgIpc) is 3.44. The smallest absolute Gasteiger partial charge is 0.337 e. The lowest BCUT2D eigenvalue weighted by Gasteiger charge is -2.28. The molecule has 5 N–H and O–H groups in total. The Morgan fingerprint density at radius 3 is 2.67 bits per heavy atom. The Hall–Kier alpha value is -5.01. The zero-order chi connectivity index (χ0) is 31.1. The fraction of sp³-hybridized carbons (Fsp3) is 0.241. The summed E-state index contributed by atoms with van der Waals surface area (Å²) in [6.45, 7) is 3.48. The highest BCUT2D eigenvalue weighted by atomic mass is 35.5. The number of aromatic carboxylic acids is 1. The Morgan fingerprint density at radius 2 is 1.95 bits per heavy atom. The van der Waals surface area contributed by atoms with Crippen molar-refractivity contribution in [3.05, 3.63) is 81.7 Å². The first-order valence-corrected chi connectivity index (χ1v) is 13.3. The highest BCUT2D eigenvalue weighted by molar-refractivity contribution is 6.33. The van der Waals surface area contributed by atoms with Crippen molar-refractivity contribution in [2.75, 3.05) is 20.3 Å². The highest BCUT2D eigenvalue weighted by Gasteiger charge is 2.32. The van der Waals surface area contributed by atoms with Crippen molar-refractivity contribution in [2.45, 2.75) is 26.1 Å². The molecule has 4 rings (SSSR count). The number of esters is 1. The molecule has 0 bridgehead atoms. The van der Waals surface area contributed by atoms with Gasteiger partial charge in [0.2, 0.25) is 0 Å². The Bertz CT molecular complexity index is 1580. The summed E-state index contributed by atoms with van der Waals surface area (Å²) >= 11 is 6.20. The fourth-order valence-corrected chi connectivity index (χ4v) is 4.43. The maximum absolute atomic E-state index is 12.4. The van der Waals surface area contributed by atoms with Gasteiger partial charge in [0.15, 0.2) is 17.7 Å². The van der Waals surface area contributed by atoms with Gasteiger partial charge in [-0.25, -0.2) is 14.4 Å². The molecule has 0 saturated heterocycles. The summed E-state index contributed by atoms with van der Waals surface area (Å²) in [5.74, 6) is -0.372. The highest BCUT2D eigenvalue weighted by Crippen LogP contribution is 2.35. The second-order valence-corrected chi connectivity index (χ2v) is 9.52. The van der Waals surface area contributed by atoms with Gasteiger partial charge in [0, 0.05) is 11.3 Å². The van der Waals surface area contributed by atoms with Gasteiger partial charge < -0.3 is 39.5 Å². The number of allylic oxidation sites excluding steroid dienone is 1. The molecule has 2 amide bonds. The van der Waals surface area contributed by atoms with Crippen molar-refractivity contribution in [1.29, 1.82) is 0 Å². The van der Waals surface area contributed by atoms with Gasteiger partial charge in [-0.3, -0.25) is 5.43 Å². The molecule has 2 atom stereocenters. The number of halogens is 1. The molecule has 0 fully saturated rings. The minimum atomic E-state index is -1.22. The van der Waals surface area contributed by atoms with Crippen molar-refractivity contribution in [1.82, 2.24) is 16.1 Å². The number of nitrogens with zero attached hydrogens (tertiary/aromatic N) is 1. The van der Waals surface area contributed by atoms with Gasteiger partial charge in [-0.2, -0.15) is 5.10 Å². The third kappa shape index (κ3) is 7.45. The molecule has 1 aliphatic rings. The number of ether oxygens (including phenoxy) is 3. The summed E-state index contributed by atoms with van der Waals surface area (Å²) in [6.07, 6.45) is 0.103. The van der Waals surface area contributed by atoms with Crippen LogP contribution in [0.15, 0.2) is 69.3 Å². The van der Waals surface area contributed by atoms with Gasteiger partial charge in [0.1, 0.15) is 18.1 Å². The van der Waals surface area contributed by atoms with Crippen LogP contribution in [0.3, 0.4) is 0 Å². The lowest BCUT2D eigenvalue weighted by molar-refractivity contribution is -0.136. The maximum atomic E-state index is 12.4. The minimum Gasteiger partial charge on any atom is -0.490 e. The Morgan fingerprint density at radius 1 is 1.16 bits per heavy atom. The van der Waals surface area contributed by atoms with E-state index in [2.05, 4.69) is 21.2 Å². The number of urea groups is 1. The Labute approximate surface area is 251 Å². The van der Waals surface area contributed by atoms with Gasteiger partial charge in [-0.05, 0) is 61.9 Å². The van der Waals surface area contributed by atoms with Crippen molar-refractivity contribution in [2.24, 2.45) is 5.10 Å². The van der Waals surface area contributed by atoms with Crippen LogP contribution in [0.1, 0.15) is 41.6 Å². The molecule has 13 nitrogen and oxygen atoms in total. The van der Waals surface area contributed by atoms with E-state index in [0.717, 1.165) is 0 Å². The lowest BCUT2D eigenvalue weighted by Crippen LogP contribution is -2.45. The molecule has 43 heavy (non-hydrogen) atoms. The first-order chi connectivity index (χ1) is 20.6. The summed E-state index contributed by atoms with van der Waals surface area (Å²) in [6, 6.07) is 11.1. The number of carboxylic acids is 1. The van der Waals surface area contributed by atoms with E-state index in [4.69, 9.17) is 30.2 Å². The molecule has 2 heterocycles. The molecule has 3 aromatic rings. The van der Waals surface area contributed by atoms with Crippen LogP contribution in [0, 0.1) is 0 Å². The van der Waals surface area contributed by atoms with Crippen LogP contribution in [0.5, 0.6) is 11.5 Å². The molecule has 0 spiro atoms. The minimum absolute atomic E-state index is 0.0638. The summed E-state index contributed by atoms with van der Waals surface area (Å²) in [5, 5.41) is 29.1. The predicted molar refractivity (Wildman–Crippen MR) is 155 cm³/mol. The lowest BCUT2D eigenvalue weighted by atomic mass is 9.95. The molecule has 14 heteroatoms. The molecule has 0 saturated carbocycles. The number of nitrogens with one attached hydrogen (secondary N) is 3. The number of rotatable bonds is 12. The number of hydrogen-bond donors (Lipinski definition) is 5. The fourth-order valence-electron chi connectivity index (χ4n) is 4.22. The number of benzene rings is 2. The molecule has 226 valence electrons. The van der Waals surface area contributed by atoms with Gasteiger partial charge in [0.05, 0.1) is 42.1 Å². The Kier molecular flexibility index (Phi) is 9.91. The van der Waals surface area contributed by atoms with Gasteiger partial charge >= 0.3 is 18.0 Å². The largest absolute Gasteiger partial charge is 0.490 e. The van der Waals surface area contributed by atoms with E-state index in [1.54, 1.807) is 44.2 Å². The molecule has 1 aromatic heterocycles. The normalized spacial score (nSPS) is 15.5. The molecule has 2 aromatic carbocycles. The number of hydrogen-bond acceptors (Lipinski definition) is 10. The zero-order valence-corrected chi connectivity index (χ0v) is 24.1. The predicted octanol–water partition coefficient (Wildman–Crippen LogP) is 3.82. The van der Waals surface area contributed by atoms with Crippen LogP contribution in [-0.2, 0) is 9.53 Å². The van der Waals surface area contributed by atoms with Crippen LogP contribution < -0.4 is 25.5 Å². The van der Waals surface area contributed by atoms with E-state index in [1.165, 1.54) is 31.5 Å². The number of aliphatic hydroxyl groups is 1. The van der Waals surface area contributed by atoms with E-state index in [1.807, 2.05) is 0 Å². The van der Waals surface area contributed by atoms with Crippen LogP contribution in [0.2, 0.25) is 5.02 Å². The van der Waals surface area contributed by atoms with Crippen LogP contribution in [0.4, 0.5) is 4.79 Å². The van der Waals surface area contributed by atoms with Crippen molar-refractivity contribution < 1.29 is 43.2 Å². The molecule has 0 unspecified atom stereocenters. The Balaban J connectivity index is 1.40. The van der Waals surface area contributed by atoms with Crippen molar-refractivity contribution in [3.8, 4) is 22.8 Å². The number of aliphatic hydroxyl groups excluding tert-OH is 1. The van der Waals surface area contributed by atoms with Crippen molar-refractivity contribution >= 4 is 35.8 Å². The third-order valence-corrected chi connectivity index (χ3v) is 6.52. The number of hydrazone groups is 1. The first-order valence-electron chi connectivity index (χ1n) is 13.0. The molecular weight excluding hydrogens is 584 g/mol. The summed E-state index contributed by atoms with van der Waals surface area (Å²) < 4.78 is 22.0. The number of furan rings is 1. The van der Waals surface area contributed by atoms with Crippen LogP contribution in [0.25, 0.3) is 11.3 Å². The van der Waals surface area contributed by atoms with Gasteiger partial charge in [-0.15, -0.1) is 0 Å². The topological polar surface area (TPSA) is 181 Å². The van der Waals surface area contributed by atoms with E-state index < -0.39 is 30.2 Å².